The first-order chi connectivity index (χ1) is 14.6. The van der Waals surface area contributed by atoms with Gasteiger partial charge in [-0.1, -0.05) is 37.3 Å². The average Bonchev–Trinajstić information content (AvgIpc) is 3.24. The van der Waals surface area contributed by atoms with Crippen LogP contribution in [0.1, 0.15) is 44.2 Å². The molecule has 1 aliphatic heterocycles. The van der Waals surface area contributed by atoms with Gasteiger partial charge in [0.05, 0.1) is 0 Å². The molecule has 2 aromatic rings. The molecular weight excluding hydrogens is 382 g/mol. The summed E-state index contributed by atoms with van der Waals surface area (Å²) in [4.78, 5) is 31.1. The van der Waals surface area contributed by atoms with Gasteiger partial charge in [-0.2, -0.15) is 4.80 Å². The number of carbonyl (C=O) groups is 2. The van der Waals surface area contributed by atoms with Gasteiger partial charge < -0.3 is 10.2 Å². The van der Waals surface area contributed by atoms with E-state index >= 15 is 0 Å². The smallest absolute Gasteiger partial charge is 0.244 e. The van der Waals surface area contributed by atoms with E-state index in [1.807, 2.05) is 42.3 Å². The van der Waals surface area contributed by atoms with Crippen LogP contribution in [-0.2, 0) is 16.1 Å². The normalized spacial score (nSPS) is 18.5. The molecule has 0 aliphatic carbocycles. The molecule has 1 saturated heterocycles. The minimum absolute atomic E-state index is 0.0377. The molecule has 1 fully saturated rings. The number of amides is 2. The highest BCUT2D eigenvalue weighted by Crippen LogP contribution is 2.23. The van der Waals surface area contributed by atoms with Crippen LogP contribution in [0, 0.1) is 0 Å². The number of benzene rings is 1. The largest absolute Gasteiger partial charge is 0.352 e. The maximum absolute atomic E-state index is 13.5. The zero-order valence-corrected chi connectivity index (χ0v) is 17.8. The van der Waals surface area contributed by atoms with Crippen molar-refractivity contribution in [3.05, 3.63) is 42.2 Å². The Kier molecular flexibility index (Phi) is 7.89. The Morgan fingerprint density at radius 2 is 2.00 bits per heavy atom. The Labute approximate surface area is 177 Å². The van der Waals surface area contributed by atoms with Crippen molar-refractivity contribution in [1.82, 2.24) is 35.3 Å². The van der Waals surface area contributed by atoms with Crippen LogP contribution in [0.15, 0.2) is 36.7 Å². The molecule has 2 atom stereocenters. The fourth-order valence-electron chi connectivity index (χ4n) is 3.87. The summed E-state index contributed by atoms with van der Waals surface area (Å²) in [6.45, 7) is 4.28. The number of carbonyl (C=O) groups excluding carboxylic acids is 2. The summed E-state index contributed by atoms with van der Waals surface area (Å²) in [5.74, 6) is -0.00586. The number of likely N-dealkylation sites (N-methyl/N-ethyl adjacent to an activating group) is 1. The summed E-state index contributed by atoms with van der Waals surface area (Å²) in [5, 5.41) is 14.3. The van der Waals surface area contributed by atoms with Crippen molar-refractivity contribution in [2.75, 3.05) is 26.7 Å². The quantitative estimate of drug-likeness (QED) is 0.734. The molecule has 2 amide bonds. The lowest BCUT2D eigenvalue weighted by Gasteiger charge is -2.34. The van der Waals surface area contributed by atoms with E-state index in [1.165, 1.54) is 11.1 Å². The van der Waals surface area contributed by atoms with Crippen LogP contribution < -0.4 is 5.32 Å². The average molecular weight is 414 g/mol. The van der Waals surface area contributed by atoms with Crippen LogP contribution in [0.25, 0.3) is 0 Å². The summed E-state index contributed by atoms with van der Waals surface area (Å²) < 4.78 is 0. The van der Waals surface area contributed by atoms with Gasteiger partial charge in [-0.25, -0.2) is 0 Å². The van der Waals surface area contributed by atoms with Gasteiger partial charge in [0.2, 0.25) is 11.8 Å². The van der Waals surface area contributed by atoms with Crippen molar-refractivity contribution >= 4 is 11.8 Å². The van der Waals surface area contributed by atoms with Crippen LogP contribution >= 0.6 is 0 Å². The SMILES string of the molecule is CCN(C)C(C(=O)N1CCCCC(NC(=O)Cn2ncnn2)CC1)c1ccccc1. The Morgan fingerprint density at radius 3 is 2.70 bits per heavy atom. The van der Waals surface area contributed by atoms with Crippen molar-refractivity contribution in [2.24, 2.45) is 0 Å². The highest BCUT2D eigenvalue weighted by Gasteiger charge is 2.30. The lowest BCUT2D eigenvalue weighted by Crippen LogP contribution is -2.46. The Balaban J connectivity index is 1.62. The van der Waals surface area contributed by atoms with E-state index in [2.05, 4.69) is 32.6 Å². The van der Waals surface area contributed by atoms with E-state index in [0.717, 1.165) is 44.3 Å². The van der Waals surface area contributed by atoms with Crippen molar-refractivity contribution in [2.45, 2.75) is 51.2 Å². The first-order valence-corrected chi connectivity index (χ1v) is 10.6. The topological polar surface area (TPSA) is 96.2 Å². The zero-order chi connectivity index (χ0) is 21.3. The maximum atomic E-state index is 13.5. The summed E-state index contributed by atoms with van der Waals surface area (Å²) in [7, 11) is 1.99. The van der Waals surface area contributed by atoms with E-state index in [0.29, 0.717) is 6.54 Å². The van der Waals surface area contributed by atoms with Crippen LogP contribution in [-0.4, -0.2) is 74.5 Å². The minimum Gasteiger partial charge on any atom is -0.352 e. The molecule has 0 radical (unpaired) electrons. The predicted octanol–water partition coefficient (Wildman–Crippen LogP) is 1.25. The Bertz CT molecular complexity index is 797. The van der Waals surface area contributed by atoms with Gasteiger partial charge in [-0.05, 0) is 50.1 Å². The second-order valence-corrected chi connectivity index (χ2v) is 7.73. The molecule has 1 aromatic heterocycles. The van der Waals surface area contributed by atoms with Gasteiger partial charge >= 0.3 is 0 Å². The fourth-order valence-corrected chi connectivity index (χ4v) is 3.87. The number of rotatable bonds is 7. The number of aromatic nitrogens is 4. The number of tetrazole rings is 1. The standard InChI is InChI=1S/C21H31N7O2/c1-3-26(2)20(17-9-5-4-6-10-17)21(30)27-13-8-7-11-18(12-14-27)24-19(29)15-28-23-16-22-25-28/h4-6,9-10,16,18,20H,3,7-8,11-15H2,1-2H3,(H,24,29). The monoisotopic (exact) mass is 413 g/mol. The van der Waals surface area contributed by atoms with Crippen molar-refractivity contribution in [3.63, 3.8) is 0 Å². The van der Waals surface area contributed by atoms with Gasteiger partial charge in [0.25, 0.3) is 0 Å². The van der Waals surface area contributed by atoms with Crippen LogP contribution in [0.3, 0.4) is 0 Å². The van der Waals surface area contributed by atoms with Crippen LogP contribution in [0.2, 0.25) is 0 Å². The molecule has 30 heavy (non-hydrogen) atoms. The summed E-state index contributed by atoms with van der Waals surface area (Å²) in [5.41, 5.74) is 1.01. The van der Waals surface area contributed by atoms with Gasteiger partial charge in [-0.15, -0.1) is 10.2 Å². The van der Waals surface area contributed by atoms with Gasteiger partial charge in [0.15, 0.2) is 6.33 Å². The van der Waals surface area contributed by atoms with E-state index in [1.54, 1.807) is 0 Å². The maximum Gasteiger partial charge on any atom is 0.244 e. The van der Waals surface area contributed by atoms with Crippen molar-refractivity contribution in [1.29, 1.82) is 0 Å². The molecular formula is C21H31N7O2. The molecule has 0 spiro atoms. The molecule has 0 bridgehead atoms. The van der Waals surface area contributed by atoms with E-state index in [-0.39, 0.29) is 30.4 Å². The summed E-state index contributed by atoms with van der Waals surface area (Å²) >= 11 is 0. The molecule has 0 saturated carbocycles. The van der Waals surface area contributed by atoms with E-state index in [4.69, 9.17) is 0 Å². The molecule has 1 aliphatic rings. The van der Waals surface area contributed by atoms with Gasteiger partial charge in [0.1, 0.15) is 12.6 Å². The second-order valence-electron chi connectivity index (χ2n) is 7.73. The van der Waals surface area contributed by atoms with Gasteiger partial charge in [-0.3, -0.25) is 14.5 Å². The first kappa shape index (κ1) is 21.9. The molecule has 3 rings (SSSR count). The van der Waals surface area contributed by atoms with Crippen molar-refractivity contribution < 1.29 is 9.59 Å². The molecule has 1 aromatic carbocycles. The van der Waals surface area contributed by atoms with Crippen LogP contribution in [0.5, 0.6) is 0 Å². The summed E-state index contributed by atoms with van der Waals surface area (Å²) in [6.07, 6.45) is 4.86. The number of nitrogens with one attached hydrogen (secondary N) is 1. The number of hydrogen-bond donors (Lipinski definition) is 1. The lowest BCUT2D eigenvalue weighted by atomic mass is 10.00. The van der Waals surface area contributed by atoms with Crippen LogP contribution in [0.4, 0.5) is 0 Å². The van der Waals surface area contributed by atoms with Crippen molar-refractivity contribution in [3.8, 4) is 0 Å². The molecule has 2 unspecified atom stereocenters. The highest BCUT2D eigenvalue weighted by molar-refractivity contribution is 5.83. The molecule has 9 heteroatoms. The number of nitrogens with zero attached hydrogens (tertiary/aromatic N) is 6. The highest BCUT2D eigenvalue weighted by atomic mass is 16.2. The molecule has 2 heterocycles. The fraction of sp³-hybridized carbons (Fsp3) is 0.571. The lowest BCUT2D eigenvalue weighted by molar-refractivity contribution is -0.137. The summed E-state index contributed by atoms with van der Waals surface area (Å²) in [6, 6.07) is 9.69. The molecule has 162 valence electrons. The minimum atomic E-state index is -0.290. The first-order valence-electron chi connectivity index (χ1n) is 10.6. The Morgan fingerprint density at radius 1 is 1.20 bits per heavy atom. The second kappa shape index (κ2) is 10.8. The third-order valence-electron chi connectivity index (χ3n) is 5.62. The molecule has 1 N–H and O–H groups in total. The van der Waals surface area contributed by atoms with E-state index in [9.17, 15) is 9.59 Å². The zero-order valence-electron chi connectivity index (χ0n) is 17.8. The molecule has 9 nitrogen and oxygen atoms in total. The number of hydrogen-bond acceptors (Lipinski definition) is 6. The third kappa shape index (κ3) is 5.85. The van der Waals surface area contributed by atoms with E-state index < -0.39 is 0 Å². The Hall–Kier alpha value is -2.81. The van der Waals surface area contributed by atoms with Gasteiger partial charge in [0, 0.05) is 19.1 Å². The number of likely N-dealkylation sites (tertiary alicyclic amines) is 1. The third-order valence-corrected chi connectivity index (χ3v) is 5.62. The predicted molar refractivity (Wildman–Crippen MR) is 112 cm³/mol.